The molecule has 0 unspecified atom stereocenters. The van der Waals surface area contributed by atoms with Crippen LogP contribution in [0.3, 0.4) is 0 Å². The quantitative estimate of drug-likeness (QED) is 0.441. The molecule has 3 nitrogen and oxygen atoms in total. The second-order valence-electron chi connectivity index (χ2n) is 7.86. The van der Waals surface area contributed by atoms with Gasteiger partial charge in [0.25, 0.3) is 0 Å². The molecule has 1 aliphatic carbocycles. The van der Waals surface area contributed by atoms with Gasteiger partial charge in [0.05, 0.1) is 7.11 Å². The van der Waals surface area contributed by atoms with Gasteiger partial charge >= 0.3 is 5.97 Å². The summed E-state index contributed by atoms with van der Waals surface area (Å²) in [6.07, 6.45) is 5.76. The van der Waals surface area contributed by atoms with Gasteiger partial charge < -0.3 is 9.47 Å². The maximum atomic E-state index is 11.2. The van der Waals surface area contributed by atoms with E-state index in [-0.39, 0.29) is 5.97 Å². The fourth-order valence-electron chi connectivity index (χ4n) is 4.12. The average Bonchev–Trinajstić information content (AvgIpc) is 3.26. The van der Waals surface area contributed by atoms with Crippen molar-refractivity contribution in [3.63, 3.8) is 0 Å². The zero-order valence-electron chi connectivity index (χ0n) is 17.5. The first-order valence-electron chi connectivity index (χ1n) is 10.7. The van der Waals surface area contributed by atoms with Crippen molar-refractivity contribution in [1.82, 2.24) is 0 Å². The summed E-state index contributed by atoms with van der Waals surface area (Å²) in [6.45, 7) is 0.537. The van der Waals surface area contributed by atoms with Crippen molar-refractivity contribution in [3.8, 4) is 16.9 Å². The molecule has 0 saturated carbocycles. The van der Waals surface area contributed by atoms with E-state index in [1.54, 1.807) is 0 Å². The van der Waals surface area contributed by atoms with E-state index in [0.29, 0.717) is 13.0 Å². The molecule has 3 aromatic carbocycles. The molecule has 0 heterocycles. The maximum absolute atomic E-state index is 11.2. The van der Waals surface area contributed by atoms with E-state index >= 15 is 0 Å². The summed E-state index contributed by atoms with van der Waals surface area (Å²) in [6, 6.07) is 23.5. The number of benzene rings is 3. The van der Waals surface area contributed by atoms with Gasteiger partial charge in [0, 0.05) is 6.42 Å². The lowest BCUT2D eigenvalue weighted by molar-refractivity contribution is -0.140. The number of aryl methyl sites for hydroxylation is 3. The van der Waals surface area contributed by atoms with E-state index in [0.717, 1.165) is 18.6 Å². The maximum Gasteiger partial charge on any atom is 0.305 e. The van der Waals surface area contributed by atoms with E-state index in [4.69, 9.17) is 4.74 Å². The highest BCUT2D eigenvalue weighted by Crippen LogP contribution is 2.30. The van der Waals surface area contributed by atoms with Crippen LogP contribution in [0.4, 0.5) is 0 Å². The van der Waals surface area contributed by atoms with E-state index in [1.807, 2.05) is 12.1 Å². The van der Waals surface area contributed by atoms with Crippen molar-refractivity contribution in [2.75, 3.05) is 7.11 Å². The summed E-state index contributed by atoms with van der Waals surface area (Å²) in [7, 11) is 1.43. The lowest BCUT2D eigenvalue weighted by Crippen LogP contribution is -2.00. The number of carbonyl (C=O) groups is 1. The Morgan fingerprint density at radius 3 is 2.57 bits per heavy atom. The molecule has 3 heteroatoms. The van der Waals surface area contributed by atoms with Gasteiger partial charge in [-0.3, -0.25) is 4.79 Å². The molecular formula is C27H28O3. The average molecular weight is 401 g/mol. The highest BCUT2D eigenvalue weighted by Gasteiger charge is 2.13. The predicted octanol–water partition coefficient (Wildman–Crippen LogP) is 5.92. The van der Waals surface area contributed by atoms with Crippen LogP contribution in [0, 0.1) is 0 Å². The molecule has 1 aliphatic rings. The van der Waals surface area contributed by atoms with Crippen molar-refractivity contribution in [1.29, 1.82) is 0 Å². The number of ether oxygens (including phenoxy) is 2. The number of fused-ring (bicyclic) bond motifs is 1. The first-order valence-corrected chi connectivity index (χ1v) is 10.7. The number of hydrogen-bond donors (Lipinski definition) is 0. The van der Waals surface area contributed by atoms with Gasteiger partial charge in [-0.2, -0.15) is 0 Å². The third kappa shape index (κ3) is 4.91. The monoisotopic (exact) mass is 400 g/mol. The Morgan fingerprint density at radius 2 is 1.73 bits per heavy atom. The Morgan fingerprint density at radius 1 is 0.933 bits per heavy atom. The van der Waals surface area contributed by atoms with Crippen molar-refractivity contribution in [2.24, 2.45) is 0 Å². The van der Waals surface area contributed by atoms with Crippen molar-refractivity contribution in [3.05, 3.63) is 89.0 Å². The molecular weight excluding hydrogens is 372 g/mol. The van der Waals surface area contributed by atoms with Gasteiger partial charge in [-0.05, 0) is 77.6 Å². The summed E-state index contributed by atoms with van der Waals surface area (Å²) in [5.74, 6) is 0.701. The Hall–Kier alpha value is -3.07. The Balaban J connectivity index is 1.39. The zero-order chi connectivity index (χ0) is 20.8. The van der Waals surface area contributed by atoms with Crippen LogP contribution in [-0.2, 0) is 35.4 Å². The SMILES string of the molecule is COC(=O)CCCc1ccc(OCc2ccccc2-c2ccc3c(c2)CCC3)cc1. The fourth-order valence-corrected chi connectivity index (χ4v) is 4.12. The topological polar surface area (TPSA) is 35.5 Å². The summed E-state index contributed by atoms with van der Waals surface area (Å²) in [5, 5.41) is 0. The molecule has 0 amide bonds. The molecule has 0 atom stereocenters. The molecule has 0 spiro atoms. The second-order valence-corrected chi connectivity index (χ2v) is 7.86. The van der Waals surface area contributed by atoms with Gasteiger partial charge in [0.2, 0.25) is 0 Å². The molecule has 0 radical (unpaired) electrons. The minimum absolute atomic E-state index is 0.156. The molecule has 0 bridgehead atoms. The van der Waals surface area contributed by atoms with Gasteiger partial charge in [-0.1, -0.05) is 54.6 Å². The van der Waals surface area contributed by atoms with Crippen LogP contribution in [0.2, 0.25) is 0 Å². The van der Waals surface area contributed by atoms with Gasteiger partial charge in [-0.25, -0.2) is 0 Å². The van der Waals surface area contributed by atoms with Crippen LogP contribution >= 0.6 is 0 Å². The largest absolute Gasteiger partial charge is 0.489 e. The van der Waals surface area contributed by atoms with Crippen molar-refractivity contribution in [2.45, 2.75) is 45.1 Å². The highest BCUT2D eigenvalue weighted by atomic mass is 16.5. The van der Waals surface area contributed by atoms with Crippen molar-refractivity contribution >= 4 is 5.97 Å². The summed E-state index contributed by atoms with van der Waals surface area (Å²) in [4.78, 5) is 11.2. The van der Waals surface area contributed by atoms with E-state index in [1.165, 1.54) is 59.8 Å². The smallest absolute Gasteiger partial charge is 0.305 e. The summed E-state index contributed by atoms with van der Waals surface area (Å²) >= 11 is 0. The fraction of sp³-hybridized carbons (Fsp3) is 0.296. The lowest BCUT2D eigenvalue weighted by atomic mass is 9.97. The molecule has 154 valence electrons. The number of methoxy groups -OCH3 is 1. The number of hydrogen-bond acceptors (Lipinski definition) is 3. The van der Waals surface area contributed by atoms with Crippen LogP contribution in [0.1, 0.15) is 41.5 Å². The molecule has 0 aliphatic heterocycles. The third-order valence-electron chi connectivity index (χ3n) is 5.82. The van der Waals surface area contributed by atoms with Crippen LogP contribution in [0.5, 0.6) is 5.75 Å². The van der Waals surface area contributed by atoms with E-state index in [9.17, 15) is 4.79 Å². The normalized spacial score (nSPS) is 12.4. The van der Waals surface area contributed by atoms with Crippen molar-refractivity contribution < 1.29 is 14.3 Å². The third-order valence-corrected chi connectivity index (χ3v) is 5.82. The number of esters is 1. The Kier molecular flexibility index (Phi) is 6.48. The molecule has 0 N–H and O–H groups in total. The first-order chi connectivity index (χ1) is 14.7. The minimum atomic E-state index is -0.156. The Bertz CT molecular complexity index is 1000. The zero-order valence-corrected chi connectivity index (χ0v) is 17.5. The molecule has 0 fully saturated rings. The van der Waals surface area contributed by atoms with Gasteiger partial charge in [0.15, 0.2) is 0 Å². The predicted molar refractivity (Wildman–Crippen MR) is 120 cm³/mol. The second kappa shape index (κ2) is 9.62. The molecule has 0 saturated heterocycles. The Labute approximate surface area is 178 Å². The van der Waals surface area contributed by atoms with Crippen LogP contribution in [0.15, 0.2) is 66.7 Å². The summed E-state index contributed by atoms with van der Waals surface area (Å²) in [5.41, 5.74) is 7.90. The van der Waals surface area contributed by atoms with E-state index < -0.39 is 0 Å². The number of rotatable bonds is 8. The standard InChI is InChI=1S/C27H28O3/c1-29-27(28)11-4-6-20-12-16-25(17-13-20)30-19-24-7-2-3-10-26(24)23-15-14-21-8-5-9-22(21)18-23/h2-3,7,10,12-18H,4-6,8-9,11,19H2,1H3. The van der Waals surface area contributed by atoms with Gasteiger partial charge in [-0.15, -0.1) is 0 Å². The molecule has 3 aromatic rings. The van der Waals surface area contributed by atoms with Gasteiger partial charge in [0.1, 0.15) is 12.4 Å². The highest BCUT2D eigenvalue weighted by molar-refractivity contribution is 5.69. The van der Waals surface area contributed by atoms with E-state index in [2.05, 4.69) is 59.3 Å². The van der Waals surface area contributed by atoms with Crippen LogP contribution in [-0.4, -0.2) is 13.1 Å². The minimum Gasteiger partial charge on any atom is -0.489 e. The first kappa shape index (κ1) is 20.2. The lowest BCUT2D eigenvalue weighted by Gasteiger charge is -2.13. The van der Waals surface area contributed by atoms with Crippen LogP contribution < -0.4 is 4.74 Å². The molecule has 4 rings (SSSR count). The molecule has 0 aromatic heterocycles. The summed E-state index contributed by atoms with van der Waals surface area (Å²) < 4.78 is 10.8. The number of carbonyl (C=O) groups excluding carboxylic acids is 1. The molecule has 30 heavy (non-hydrogen) atoms. The van der Waals surface area contributed by atoms with Crippen LogP contribution in [0.25, 0.3) is 11.1 Å².